The van der Waals surface area contributed by atoms with Gasteiger partial charge in [0.15, 0.2) is 0 Å². The summed E-state index contributed by atoms with van der Waals surface area (Å²) in [6.45, 7) is 2.57. The van der Waals surface area contributed by atoms with Gasteiger partial charge in [-0.05, 0) is 36.9 Å². The Kier molecular flexibility index (Phi) is 20.7. The van der Waals surface area contributed by atoms with Crippen LogP contribution in [0.1, 0.15) is 26.7 Å². The van der Waals surface area contributed by atoms with E-state index < -0.39 is 24.0 Å². The summed E-state index contributed by atoms with van der Waals surface area (Å²) in [4.78, 5) is 41.8. The van der Waals surface area contributed by atoms with E-state index in [9.17, 15) is 29.4 Å². The Labute approximate surface area is 166 Å². The number of aliphatic carboxylic acids is 2. The fourth-order valence-corrected chi connectivity index (χ4v) is 2.40. The predicted molar refractivity (Wildman–Crippen MR) is 91.2 cm³/mol. The minimum atomic E-state index is -1.22. The summed E-state index contributed by atoms with van der Waals surface area (Å²) in [5, 5.41) is 25.4. The number of nitrogens with one attached hydrogen (secondary N) is 2. The van der Waals surface area contributed by atoms with Gasteiger partial charge in [-0.1, -0.05) is 0 Å². The second-order valence-electron chi connectivity index (χ2n) is 4.71. The van der Waals surface area contributed by atoms with Crippen molar-refractivity contribution >= 4 is 47.3 Å². The van der Waals surface area contributed by atoms with Crippen molar-refractivity contribution in [1.82, 2.24) is 10.6 Å². The zero-order chi connectivity index (χ0) is 19.1. The Balaban J connectivity index is -0.000000372. The molecule has 0 aromatic heterocycles. The zero-order valence-corrected chi connectivity index (χ0v) is 17.3. The van der Waals surface area contributed by atoms with Crippen LogP contribution in [0.5, 0.6) is 0 Å². The molecule has 0 aromatic rings. The molecule has 0 aromatic carbocycles. The first kappa shape index (κ1) is 28.9. The smallest absolute Gasteiger partial charge is 0.548 e. The van der Waals surface area contributed by atoms with Gasteiger partial charge in [0.25, 0.3) is 0 Å². The Bertz CT molecular complexity index is 388. The Morgan fingerprint density at radius 2 is 1.08 bits per heavy atom. The Hall–Kier alpha value is -0.914. The largest absolute Gasteiger partial charge is 2.00 e. The van der Waals surface area contributed by atoms with E-state index in [0.29, 0.717) is 24.3 Å². The van der Waals surface area contributed by atoms with E-state index in [1.165, 1.54) is 37.4 Å². The molecule has 8 nitrogen and oxygen atoms in total. The molecule has 25 heavy (non-hydrogen) atoms. The van der Waals surface area contributed by atoms with E-state index in [-0.39, 0.29) is 28.6 Å². The van der Waals surface area contributed by atoms with Crippen molar-refractivity contribution in [3.05, 3.63) is 0 Å². The van der Waals surface area contributed by atoms with Gasteiger partial charge in [0.2, 0.25) is 11.8 Å². The van der Waals surface area contributed by atoms with Gasteiger partial charge in [0.1, 0.15) is 0 Å². The van der Waals surface area contributed by atoms with Gasteiger partial charge in [0, 0.05) is 13.8 Å². The molecule has 2 unspecified atom stereocenters. The van der Waals surface area contributed by atoms with Crippen LogP contribution in [0.3, 0.4) is 0 Å². The third-order valence-corrected chi connectivity index (χ3v) is 3.83. The molecule has 1 radical (unpaired) electrons. The number of rotatable bonds is 10. The summed E-state index contributed by atoms with van der Waals surface area (Å²) in [5.74, 6) is -1.74. The van der Waals surface area contributed by atoms with Gasteiger partial charge in [-0.25, -0.2) is 0 Å². The number of carboxylic acids is 2. The molecule has 2 N–H and O–H groups in total. The zero-order valence-electron chi connectivity index (χ0n) is 14.6. The molecular weight excluding hydrogens is 415 g/mol. The standard InChI is InChI=1S/2C7H13NO3S.Co/c2*1-5(9)8-6(7(10)11)3-4-12-2;/h2*6H,3-4H2,1-2H3,(H,8,9)(H,10,11);/q;;+2/p-2. The molecular formula is C14H24CoN2O6S2. The molecule has 0 spiro atoms. The summed E-state index contributed by atoms with van der Waals surface area (Å²) < 4.78 is 0. The van der Waals surface area contributed by atoms with Crippen LogP contribution < -0.4 is 20.8 Å². The molecule has 0 saturated heterocycles. The number of amides is 2. The average Bonchev–Trinajstić information content (AvgIpc) is 2.47. The number of carbonyl (C=O) groups excluding carboxylic acids is 4. The molecule has 0 aliphatic carbocycles. The first-order valence-corrected chi connectivity index (χ1v) is 9.88. The van der Waals surface area contributed by atoms with Crippen LogP contribution in [0, 0.1) is 0 Å². The second kappa shape index (κ2) is 17.9. The molecule has 0 rings (SSSR count). The third-order valence-electron chi connectivity index (χ3n) is 2.55. The predicted octanol–water partition coefficient (Wildman–Crippen LogP) is -2.01. The van der Waals surface area contributed by atoms with E-state index >= 15 is 0 Å². The maximum Gasteiger partial charge on any atom is 2.00 e. The first-order chi connectivity index (χ1) is 11.1. The average molecular weight is 439 g/mol. The molecule has 2 atom stereocenters. The van der Waals surface area contributed by atoms with Gasteiger partial charge in [-0.15, -0.1) is 0 Å². The molecule has 2 amide bonds. The quantitative estimate of drug-likeness (QED) is 0.398. The summed E-state index contributed by atoms with van der Waals surface area (Å²) in [7, 11) is 0. The summed E-state index contributed by atoms with van der Waals surface area (Å²) in [6.07, 6.45) is 4.56. The van der Waals surface area contributed by atoms with Gasteiger partial charge in [0.05, 0.1) is 24.0 Å². The number of hydrogen-bond acceptors (Lipinski definition) is 8. The number of thioether (sulfide) groups is 2. The van der Waals surface area contributed by atoms with Crippen LogP contribution >= 0.6 is 23.5 Å². The van der Waals surface area contributed by atoms with Gasteiger partial charge >= 0.3 is 16.8 Å². The van der Waals surface area contributed by atoms with E-state index in [2.05, 4.69) is 10.6 Å². The molecule has 0 fully saturated rings. The molecule has 11 heteroatoms. The number of hydrogen-bond donors (Lipinski definition) is 2. The van der Waals surface area contributed by atoms with Crippen LogP contribution in [0.2, 0.25) is 0 Å². The van der Waals surface area contributed by atoms with Crippen molar-refractivity contribution < 1.29 is 46.2 Å². The molecule has 0 heterocycles. The molecule has 0 saturated carbocycles. The van der Waals surface area contributed by atoms with E-state index in [1.54, 1.807) is 0 Å². The van der Waals surface area contributed by atoms with Crippen LogP contribution in [-0.2, 0) is 36.0 Å². The summed E-state index contributed by atoms with van der Waals surface area (Å²) in [5.41, 5.74) is 0. The van der Waals surface area contributed by atoms with Gasteiger partial charge < -0.3 is 30.4 Å². The third kappa shape index (κ3) is 19.3. The van der Waals surface area contributed by atoms with Gasteiger partial charge in [-0.3, -0.25) is 9.59 Å². The van der Waals surface area contributed by atoms with Crippen molar-refractivity contribution in [3.8, 4) is 0 Å². The van der Waals surface area contributed by atoms with Crippen molar-refractivity contribution in [2.75, 3.05) is 24.0 Å². The summed E-state index contributed by atoms with van der Waals surface area (Å²) in [6, 6.07) is -1.70. The van der Waals surface area contributed by atoms with Crippen molar-refractivity contribution in [3.63, 3.8) is 0 Å². The molecule has 0 aliphatic heterocycles. The molecule has 0 bridgehead atoms. The van der Waals surface area contributed by atoms with E-state index in [0.717, 1.165) is 0 Å². The van der Waals surface area contributed by atoms with Crippen LogP contribution in [0.25, 0.3) is 0 Å². The van der Waals surface area contributed by atoms with Crippen LogP contribution in [-0.4, -0.2) is 59.9 Å². The number of carboxylic acid groups (broad SMARTS) is 2. The fraction of sp³-hybridized carbons (Fsp3) is 0.714. The minimum absolute atomic E-state index is 0. The van der Waals surface area contributed by atoms with Crippen molar-refractivity contribution in [1.29, 1.82) is 0 Å². The topological polar surface area (TPSA) is 138 Å². The maximum atomic E-state index is 10.5. The Morgan fingerprint density at radius 1 is 0.800 bits per heavy atom. The van der Waals surface area contributed by atoms with Gasteiger partial charge in [-0.2, -0.15) is 23.5 Å². The van der Waals surface area contributed by atoms with Crippen molar-refractivity contribution in [2.24, 2.45) is 0 Å². The minimum Gasteiger partial charge on any atom is -0.548 e. The maximum absolute atomic E-state index is 10.5. The molecule has 0 aliphatic rings. The fourth-order valence-electron chi connectivity index (χ4n) is 1.46. The van der Waals surface area contributed by atoms with E-state index in [1.807, 2.05) is 12.5 Å². The number of carbonyl (C=O) groups is 4. The Morgan fingerprint density at radius 3 is 1.24 bits per heavy atom. The SMILES string of the molecule is CSCCC(NC(C)=O)C(=O)[O-].CSCCC(NC(C)=O)C(=O)[O-].[Co+2]. The second-order valence-corrected chi connectivity index (χ2v) is 6.68. The summed E-state index contributed by atoms with van der Waals surface area (Å²) >= 11 is 3.06. The van der Waals surface area contributed by atoms with Crippen molar-refractivity contribution in [2.45, 2.75) is 38.8 Å². The van der Waals surface area contributed by atoms with Crippen LogP contribution in [0.15, 0.2) is 0 Å². The van der Waals surface area contributed by atoms with E-state index in [4.69, 9.17) is 0 Å². The normalized spacial score (nSPS) is 11.7. The first-order valence-electron chi connectivity index (χ1n) is 7.09. The monoisotopic (exact) mass is 439 g/mol. The van der Waals surface area contributed by atoms with Crippen LogP contribution in [0.4, 0.5) is 0 Å². The molecule has 147 valence electrons.